The summed E-state index contributed by atoms with van der Waals surface area (Å²) in [7, 11) is 0. The van der Waals surface area contributed by atoms with Gasteiger partial charge >= 0.3 is 0 Å². The van der Waals surface area contributed by atoms with E-state index in [1.165, 1.54) is 0 Å². The van der Waals surface area contributed by atoms with Gasteiger partial charge in [-0.2, -0.15) is 0 Å². The van der Waals surface area contributed by atoms with Gasteiger partial charge in [0, 0.05) is 6.54 Å². The van der Waals surface area contributed by atoms with Crippen LogP contribution in [0.4, 0.5) is 0 Å². The van der Waals surface area contributed by atoms with Crippen molar-refractivity contribution in [1.82, 2.24) is 10.2 Å². The van der Waals surface area contributed by atoms with Gasteiger partial charge in [-0.3, -0.25) is 9.59 Å². The number of carbonyl (C=O) groups excluding carboxylic acids is 2. The van der Waals surface area contributed by atoms with Gasteiger partial charge < -0.3 is 10.2 Å². The Kier molecular flexibility index (Phi) is 4.12. The molecule has 0 aromatic carbocycles. The number of nitrogens with zero attached hydrogens (tertiary/aromatic N) is 1. The van der Waals surface area contributed by atoms with Crippen molar-refractivity contribution in [3.8, 4) is 0 Å². The topological polar surface area (TPSA) is 49.4 Å². The van der Waals surface area contributed by atoms with Crippen molar-refractivity contribution in [2.45, 2.75) is 77.3 Å². The molecule has 4 heteroatoms. The first-order chi connectivity index (χ1) is 9.37. The van der Waals surface area contributed by atoms with E-state index in [2.05, 4.69) is 19.2 Å². The van der Waals surface area contributed by atoms with E-state index in [1.54, 1.807) is 0 Å². The van der Waals surface area contributed by atoms with Crippen LogP contribution in [-0.4, -0.2) is 34.3 Å². The first-order valence-electron chi connectivity index (χ1n) is 8.02. The van der Waals surface area contributed by atoms with Crippen molar-refractivity contribution < 1.29 is 9.59 Å². The average molecular weight is 280 g/mol. The lowest BCUT2D eigenvalue weighted by Gasteiger charge is -2.49. The molecule has 4 nitrogen and oxygen atoms in total. The Bertz CT molecular complexity index is 393. The zero-order chi connectivity index (χ0) is 15.0. The summed E-state index contributed by atoms with van der Waals surface area (Å²) < 4.78 is 0. The fourth-order valence-electron chi connectivity index (χ4n) is 3.49. The Labute approximate surface area is 122 Å². The lowest BCUT2D eigenvalue weighted by Crippen LogP contribution is -2.73. The van der Waals surface area contributed by atoms with Gasteiger partial charge in [0.15, 0.2) is 0 Å². The molecule has 0 aromatic rings. The molecule has 2 fully saturated rings. The Morgan fingerprint density at radius 2 is 1.70 bits per heavy atom. The molecule has 20 heavy (non-hydrogen) atoms. The number of rotatable bonds is 4. The molecule has 0 bridgehead atoms. The van der Waals surface area contributed by atoms with Crippen molar-refractivity contribution in [3.05, 3.63) is 0 Å². The zero-order valence-corrected chi connectivity index (χ0v) is 13.3. The number of nitrogens with one attached hydrogen (secondary N) is 1. The van der Waals surface area contributed by atoms with Crippen molar-refractivity contribution in [1.29, 1.82) is 0 Å². The fourth-order valence-corrected chi connectivity index (χ4v) is 3.49. The van der Waals surface area contributed by atoms with E-state index in [9.17, 15) is 9.59 Å². The highest BCUT2D eigenvalue weighted by atomic mass is 16.2. The van der Waals surface area contributed by atoms with Crippen molar-refractivity contribution >= 4 is 11.8 Å². The highest BCUT2D eigenvalue weighted by Gasteiger charge is 2.55. The van der Waals surface area contributed by atoms with Crippen LogP contribution in [0.2, 0.25) is 0 Å². The number of carbonyl (C=O) groups is 2. The molecule has 1 aliphatic heterocycles. The quantitative estimate of drug-likeness (QED) is 0.860. The summed E-state index contributed by atoms with van der Waals surface area (Å²) >= 11 is 0. The summed E-state index contributed by atoms with van der Waals surface area (Å²) in [6.45, 7) is 8.74. The minimum absolute atomic E-state index is 0.00459. The van der Waals surface area contributed by atoms with Gasteiger partial charge in [-0.25, -0.2) is 0 Å². The second-order valence-electron chi connectivity index (χ2n) is 6.90. The molecule has 1 spiro atoms. The van der Waals surface area contributed by atoms with Crippen LogP contribution in [0.25, 0.3) is 0 Å². The van der Waals surface area contributed by atoms with Gasteiger partial charge in [0.25, 0.3) is 0 Å². The number of hydrogen-bond acceptors (Lipinski definition) is 2. The first-order valence-corrected chi connectivity index (χ1v) is 8.02. The Balaban J connectivity index is 2.28. The number of hydrogen-bond donors (Lipinski definition) is 1. The van der Waals surface area contributed by atoms with Gasteiger partial charge in [-0.1, -0.05) is 39.5 Å². The third-order valence-corrected chi connectivity index (χ3v) is 5.29. The maximum atomic E-state index is 13.0. The minimum atomic E-state index is -0.729. The molecule has 114 valence electrons. The SMILES string of the molecule is CCC(CC)CN1C(=O)C2(CCCC2)NC(=O)C1(C)C. The van der Waals surface area contributed by atoms with Gasteiger partial charge in [-0.05, 0) is 32.6 Å². The second kappa shape index (κ2) is 5.38. The molecule has 2 aliphatic rings. The van der Waals surface area contributed by atoms with E-state index in [1.807, 2.05) is 18.7 Å². The maximum Gasteiger partial charge on any atom is 0.249 e. The summed E-state index contributed by atoms with van der Waals surface area (Å²) in [5, 5.41) is 3.04. The first kappa shape index (κ1) is 15.3. The highest BCUT2D eigenvalue weighted by Crippen LogP contribution is 2.37. The van der Waals surface area contributed by atoms with Crippen molar-refractivity contribution in [2.24, 2.45) is 5.92 Å². The van der Waals surface area contributed by atoms with Crippen LogP contribution in [0.5, 0.6) is 0 Å². The van der Waals surface area contributed by atoms with Crippen molar-refractivity contribution in [2.75, 3.05) is 6.54 Å². The van der Waals surface area contributed by atoms with Gasteiger partial charge in [0.05, 0.1) is 0 Å². The van der Waals surface area contributed by atoms with Crippen LogP contribution >= 0.6 is 0 Å². The highest BCUT2D eigenvalue weighted by molar-refractivity contribution is 6.02. The van der Waals surface area contributed by atoms with Gasteiger partial charge in [0.2, 0.25) is 11.8 Å². The molecule has 2 amide bonds. The molecule has 1 saturated heterocycles. The molecule has 2 rings (SSSR count). The van der Waals surface area contributed by atoms with Crippen LogP contribution < -0.4 is 5.32 Å². The molecular weight excluding hydrogens is 252 g/mol. The summed E-state index contributed by atoms with van der Waals surface area (Å²) in [5.41, 5.74) is -1.33. The Morgan fingerprint density at radius 1 is 1.15 bits per heavy atom. The van der Waals surface area contributed by atoms with Crippen LogP contribution in [0.1, 0.15) is 66.2 Å². The molecule has 1 N–H and O–H groups in total. The van der Waals surface area contributed by atoms with Crippen LogP contribution in [0.15, 0.2) is 0 Å². The maximum absolute atomic E-state index is 13.0. The predicted molar refractivity (Wildman–Crippen MR) is 79.2 cm³/mol. The standard InChI is InChI=1S/C16H28N2O2/c1-5-12(6-2)11-18-14(20)16(9-7-8-10-16)17-13(19)15(18,3)4/h12H,5-11H2,1-4H3,(H,17,19). The van der Waals surface area contributed by atoms with Gasteiger partial charge in [-0.15, -0.1) is 0 Å². The lowest BCUT2D eigenvalue weighted by atomic mass is 9.84. The van der Waals surface area contributed by atoms with Crippen LogP contribution in [0, 0.1) is 5.92 Å². The summed E-state index contributed by atoms with van der Waals surface area (Å²) in [6, 6.07) is 0. The van der Waals surface area contributed by atoms with Gasteiger partial charge in [0.1, 0.15) is 11.1 Å². The van der Waals surface area contributed by atoms with E-state index < -0.39 is 11.1 Å². The number of amides is 2. The smallest absolute Gasteiger partial charge is 0.249 e. The van der Waals surface area contributed by atoms with E-state index >= 15 is 0 Å². The number of piperazine rings is 1. The van der Waals surface area contributed by atoms with E-state index in [-0.39, 0.29) is 11.8 Å². The van der Waals surface area contributed by atoms with E-state index in [0.29, 0.717) is 12.5 Å². The molecular formula is C16H28N2O2. The molecule has 0 aromatic heterocycles. The molecule has 1 saturated carbocycles. The van der Waals surface area contributed by atoms with Crippen LogP contribution in [-0.2, 0) is 9.59 Å². The molecule has 0 radical (unpaired) electrons. The molecule has 0 atom stereocenters. The second-order valence-corrected chi connectivity index (χ2v) is 6.90. The fraction of sp³-hybridized carbons (Fsp3) is 0.875. The summed E-state index contributed by atoms with van der Waals surface area (Å²) in [5.74, 6) is 0.624. The molecule has 0 unspecified atom stereocenters. The Morgan fingerprint density at radius 3 is 2.20 bits per heavy atom. The monoisotopic (exact) mass is 280 g/mol. The van der Waals surface area contributed by atoms with E-state index in [4.69, 9.17) is 0 Å². The Hall–Kier alpha value is -1.06. The normalized spacial score (nSPS) is 24.6. The predicted octanol–water partition coefficient (Wildman–Crippen LogP) is 2.47. The molecule has 1 heterocycles. The summed E-state index contributed by atoms with van der Waals surface area (Å²) in [4.78, 5) is 27.3. The lowest BCUT2D eigenvalue weighted by molar-refractivity contribution is -0.161. The third kappa shape index (κ3) is 2.33. The van der Waals surface area contributed by atoms with E-state index in [0.717, 1.165) is 38.5 Å². The minimum Gasteiger partial charge on any atom is -0.340 e. The largest absolute Gasteiger partial charge is 0.340 e. The summed E-state index contributed by atoms with van der Waals surface area (Å²) in [6.07, 6.45) is 5.76. The van der Waals surface area contributed by atoms with Crippen molar-refractivity contribution in [3.63, 3.8) is 0 Å². The van der Waals surface area contributed by atoms with Crippen LogP contribution in [0.3, 0.4) is 0 Å². The molecule has 1 aliphatic carbocycles. The zero-order valence-electron chi connectivity index (χ0n) is 13.3. The average Bonchev–Trinajstić information content (AvgIpc) is 2.87. The third-order valence-electron chi connectivity index (χ3n) is 5.29.